The van der Waals surface area contributed by atoms with Crippen LogP contribution in [-0.2, 0) is 10.0 Å². The summed E-state index contributed by atoms with van der Waals surface area (Å²) in [4.78, 5) is 7.92. The Hall–Kier alpha value is -2.38. The Bertz CT molecular complexity index is 1110. The lowest BCUT2D eigenvalue weighted by Gasteiger charge is -2.30. The standard InChI is InChI=1S/C23H30N4O2S/c1-4-30(28,29)27-11-9-17(10-12-27)21-15-24-22-7-5-18(13-20(21)22)19-6-8-23(25-14-19)26-16(2)3/h5-8,13-17,24H,4,9-12H2,1-3H3,(H,25,26). The van der Waals surface area contributed by atoms with E-state index in [0.717, 1.165) is 35.3 Å². The molecular weight excluding hydrogens is 396 g/mol. The topological polar surface area (TPSA) is 78.1 Å². The van der Waals surface area contributed by atoms with E-state index in [2.05, 4.69) is 59.6 Å². The molecule has 0 aliphatic carbocycles. The van der Waals surface area contributed by atoms with E-state index in [1.807, 2.05) is 12.3 Å². The SMILES string of the molecule is CCS(=O)(=O)N1CCC(c2c[nH]c3ccc(-c4ccc(NC(C)C)nc4)cc23)CC1. The van der Waals surface area contributed by atoms with Gasteiger partial charge < -0.3 is 10.3 Å². The number of rotatable bonds is 6. The normalized spacial score (nSPS) is 16.4. The number of nitrogens with one attached hydrogen (secondary N) is 2. The number of sulfonamides is 1. The molecule has 6 nitrogen and oxygen atoms in total. The van der Waals surface area contributed by atoms with Gasteiger partial charge in [0.2, 0.25) is 10.0 Å². The zero-order valence-corrected chi connectivity index (χ0v) is 18.7. The van der Waals surface area contributed by atoms with Crippen LogP contribution < -0.4 is 5.32 Å². The van der Waals surface area contributed by atoms with Crippen LogP contribution in [0.25, 0.3) is 22.0 Å². The predicted molar refractivity (Wildman–Crippen MR) is 123 cm³/mol. The van der Waals surface area contributed by atoms with Crippen LogP contribution in [-0.4, -0.2) is 47.6 Å². The van der Waals surface area contributed by atoms with Gasteiger partial charge in [-0.05, 0) is 74.9 Å². The molecule has 2 N–H and O–H groups in total. The van der Waals surface area contributed by atoms with Gasteiger partial charge in [0.05, 0.1) is 5.75 Å². The minimum absolute atomic E-state index is 0.174. The van der Waals surface area contributed by atoms with Gasteiger partial charge >= 0.3 is 0 Å². The Kier molecular flexibility index (Phi) is 5.84. The molecule has 1 aliphatic rings. The van der Waals surface area contributed by atoms with Gasteiger partial charge in [-0.2, -0.15) is 0 Å². The maximum atomic E-state index is 12.2. The average molecular weight is 427 g/mol. The molecule has 0 unspecified atom stereocenters. The number of aromatic amines is 1. The van der Waals surface area contributed by atoms with Gasteiger partial charge in [0.15, 0.2) is 0 Å². The summed E-state index contributed by atoms with van der Waals surface area (Å²) in [5.41, 5.74) is 4.62. The maximum Gasteiger partial charge on any atom is 0.213 e. The maximum absolute atomic E-state index is 12.2. The van der Waals surface area contributed by atoms with Crippen molar-refractivity contribution in [2.45, 2.75) is 45.6 Å². The quantitative estimate of drug-likeness (QED) is 0.605. The fourth-order valence-corrected chi connectivity index (χ4v) is 5.37. The number of piperidine rings is 1. The lowest BCUT2D eigenvalue weighted by molar-refractivity contribution is 0.321. The third-order valence-electron chi connectivity index (χ3n) is 5.90. The highest BCUT2D eigenvalue weighted by atomic mass is 32.2. The smallest absolute Gasteiger partial charge is 0.213 e. The number of pyridine rings is 1. The zero-order valence-electron chi connectivity index (χ0n) is 17.9. The van der Waals surface area contributed by atoms with Gasteiger partial charge in [0.1, 0.15) is 5.82 Å². The summed E-state index contributed by atoms with van der Waals surface area (Å²) in [5, 5.41) is 4.53. The predicted octanol–water partition coefficient (Wildman–Crippen LogP) is 4.58. The average Bonchev–Trinajstić information content (AvgIpc) is 3.17. The second-order valence-electron chi connectivity index (χ2n) is 8.31. The number of nitrogens with zero attached hydrogens (tertiary/aromatic N) is 2. The Morgan fingerprint density at radius 3 is 2.53 bits per heavy atom. The van der Waals surface area contributed by atoms with Crippen molar-refractivity contribution in [3.63, 3.8) is 0 Å². The molecule has 0 saturated carbocycles. The number of hydrogen-bond donors (Lipinski definition) is 2. The lowest BCUT2D eigenvalue weighted by Crippen LogP contribution is -2.38. The highest BCUT2D eigenvalue weighted by Gasteiger charge is 2.28. The number of aromatic nitrogens is 2. The third kappa shape index (κ3) is 4.23. The van der Waals surface area contributed by atoms with Crippen molar-refractivity contribution in [3.8, 4) is 11.1 Å². The molecule has 160 valence electrons. The van der Waals surface area contributed by atoms with E-state index in [0.29, 0.717) is 25.0 Å². The van der Waals surface area contributed by atoms with Gasteiger partial charge in [-0.25, -0.2) is 17.7 Å². The molecule has 1 fully saturated rings. The minimum Gasteiger partial charge on any atom is -0.368 e. The Morgan fingerprint density at radius 2 is 1.90 bits per heavy atom. The molecular formula is C23H30N4O2S. The fourth-order valence-electron chi connectivity index (χ4n) is 4.23. The fraction of sp³-hybridized carbons (Fsp3) is 0.435. The van der Waals surface area contributed by atoms with Crippen LogP contribution in [0.2, 0.25) is 0 Å². The molecule has 0 spiro atoms. The van der Waals surface area contributed by atoms with Crippen LogP contribution in [0.4, 0.5) is 5.82 Å². The molecule has 3 aromatic rings. The van der Waals surface area contributed by atoms with Crippen LogP contribution in [0.3, 0.4) is 0 Å². The summed E-state index contributed by atoms with van der Waals surface area (Å²) < 4.78 is 25.9. The Labute approximate surface area is 178 Å². The molecule has 3 heterocycles. The Morgan fingerprint density at radius 1 is 1.17 bits per heavy atom. The number of benzene rings is 1. The summed E-state index contributed by atoms with van der Waals surface area (Å²) >= 11 is 0. The summed E-state index contributed by atoms with van der Waals surface area (Å²) in [6.07, 6.45) is 5.71. The van der Waals surface area contributed by atoms with E-state index in [-0.39, 0.29) is 5.75 Å². The molecule has 0 atom stereocenters. The van der Waals surface area contributed by atoms with Crippen molar-refractivity contribution in [2.75, 3.05) is 24.2 Å². The van der Waals surface area contributed by atoms with Gasteiger partial charge in [-0.3, -0.25) is 0 Å². The second kappa shape index (κ2) is 8.40. The highest BCUT2D eigenvalue weighted by Crippen LogP contribution is 2.35. The van der Waals surface area contributed by atoms with Crippen molar-refractivity contribution in [3.05, 3.63) is 48.3 Å². The van der Waals surface area contributed by atoms with Crippen LogP contribution >= 0.6 is 0 Å². The summed E-state index contributed by atoms with van der Waals surface area (Å²) in [7, 11) is -3.10. The molecule has 7 heteroatoms. The number of fused-ring (bicyclic) bond motifs is 1. The van der Waals surface area contributed by atoms with Crippen molar-refractivity contribution in [1.29, 1.82) is 0 Å². The molecule has 1 aromatic carbocycles. The van der Waals surface area contributed by atoms with Gasteiger partial charge in [0, 0.05) is 48.0 Å². The molecule has 0 radical (unpaired) electrons. The number of hydrogen-bond acceptors (Lipinski definition) is 4. The first-order valence-electron chi connectivity index (χ1n) is 10.7. The van der Waals surface area contributed by atoms with Gasteiger partial charge in [-0.15, -0.1) is 0 Å². The second-order valence-corrected chi connectivity index (χ2v) is 10.6. The van der Waals surface area contributed by atoms with E-state index in [9.17, 15) is 8.42 Å². The largest absolute Gasteiger partial charge is 0.368 e. The molecule has 1 saturated heterocycles. The van der Waals surface area contributed by atoms with Crippen molar-refractivity contribution in [2.24, 2.45) is 0 Å². The lowest BCUT2D eigenvalue weighted by atomic mass is 9.89. The van der Waals surface area contributed by atoms with Crippen molar-refractivity contribution in [1.82, 2.24) is 14.3 Å². The summed E-state index contributed by atoms with van der Waals surface area (Å²) in [6, 6.07) is 10.9. The number of anilines is 1. The van der Waals surface area contributed by atoms with Gasteiger partial charge in [-0.1, -0.05) is 6.07 Å². The Balaban J connectivity index is 1.57. The van der Waals surface area contributed by atoms with E-state index in [1.165, 1.54) is 10.9 Å². The monoisotopic (exact) mass is 426 g/mol. The molecule has 0 amide bonds. The van der Waals surface area contributed by atoms with Crippen LogP contribution in [0.1, 0.15) is 45.1 Å². The molecule has 0 bridgehead atoms. The molecule has 2 aromatic heterocycles. The third-order valence-corrected chi connectivity index (χ3v) is 7.78. The van der Waals surface area contributed by atoms with Crippen LogP contribution in [0, 0.1) is 0 Å². The first-order valence-corrected chi connectivity index (χ1v) is 12.3. The van der Waals surface area contributed by atoms with E-state index < -0.39 is 10.0 Å². The zero-order chi connectivity index (χ0) is 21.3. The van der Waals surface area contributed by atoms with E-state index >= 15 is 0 Å². The molecule has 1 aliphatic heterocycles. The highest BCUT2D eigenvalue weighted by molar-refractivity contribution is 7.89. The summed E-state index contributed by atoms with van der Waals surface area (Å²) in [6.45, 7) is 7.10. The van der Waals surface area contributed by atoms with Gasteiger partial charge in [0.25, 0.3) is 0 Å². The van der Waals surface area contributed by atoms with Crippen LogP contribution in [0.15, 0.2) is 42.7 Å². The van der Waals surface area contributed by atoms with E-state index in [4.69, 9.17) is 0 Å². The molecule has 4 rings (SSSR count). The number of H-pyrrole nitrogens is 1. The first kappa shape index (κ1) is 20.9. The first-order chi connectivity index (χ1) is 14.4. The van der Waals surface area contributed by atoms with Crippen molar-refractivity contribution < 1.29 is 8.42 Å². The minimum atomic E-state index is -3.10. The van der Waals surface area contributed by atoms with Crippen LogP contribution in [0.5, 0.6) is 0 Å². The molecule has 30 heavy (non-hydrogen) atoms. The van der Waals surface area contributed by atoms with E-state index in [1.54, 1.807) is 11.2 Å². The van der Waals surface area contributed by atoms with Crippen molar-refractivity contribution >= 4 is 26.7 Å². The summed E-state index contributed by atoms with van der Waals surface area (Å²) in [5.74, 6) is 1.42.